The van der Waals surface area contributed by atoms with Gasteiger partial charge in [0.15, 0.2) is 0 Å². The van der Waals surface area contributed by atoms with Gasteiger partial charge in [-0.05, 0) is 36.2 Å². The maximum atomic E-state index is 10.9. The number of amides is 1. The Morgan fingerprint density at radius 1 is 1.11 bits per heavy atom. The van der Waals surface area contributed by atoms with Crippen LogP contribution in [-0.2, 0) is 18.3 Å². The van der Waals surface area contributed by atoms with Gasteiger partial charge in [-0.1, -0.05) is 29.8 Å². The van der Waals surface area contributed by atoms with Crippen molar-refractivity contribution < 1.29 is 4.79 Å². The molecule has 0 atom stereocenters. The number of imidazole rings is 1. The van der Waals surface area contributed by atoms with E-state index in [9.17, 15) is 4.79 Å². The minimum atomic E-state index is 0.697. The number of para-hydroxylation sites is 1. The molecule has 0 unspecified atom stereocenters. The minimum absolute atomic E-state index is 0.697. The number of fused-ring (bicyclic) bond motifs is 1. The van der Waals surface area contributed by atoms with E-state index in [2.05, 4.69) is 31.8 Å². The normalized spacial score (nSPS) is 15.1. The van der Waals surface area contributed by atoms with E-state index in [0.29, 0.717) is 6.41 Å². The first-order valence-corrected chi connectivity index (χ1v) is 9.91. The third-order valence-corrected chi connectivity index (χ3v) is 5.64. The lowest BCUT2D eigenvalue weighted by Crippen LogP contribution is -2.47. The van der Waals surface area contributed by atoms with Gasteiger partial charge in [0.1, 0.15) is 5.52 Å². The number of hydrogen-bond donors (Lipinski definition) is 1. The number of rotatable bonds is 6. The van der Waals surface area contributed by atoms with Crippen molar-refractivity contribution in [1.82, 2.24) is 14.5 Å². The molecule has 146 valence electrons. The maximum absolute atomic E-state index is 10.9. The van der Waals surface area contributed by atoms with Crippen molar-refractivity contribution in [2.75, 3.05) is 42.9 Å². The highest BCUT2D eigenvalue weighted by molar-refractivity contribution is 6.30. The second-order valence-corrected chi connectivity index (χ2v) is 7.55. The highest BCUT2D eigenvalue weighted by atomic mass is 35.5. The van der Waals surface area contributed by atoms with Crippen molar-refractivity contribution >= 4 is 40.7 Å². The number of piperazine rings is 1. The summed E-state index contributed by atoms with van der Waals surface area (Å²) in [5.41, 5.74) is 3.91. The Morgan fingerprint density at radius 2 is 1.86 bits per heavy atom. The third-order valence-electron chi connectivity index (χ3n) is 5.39. The summed E-state index contributed by atoms with van der Waals surface area (Å²) in [6.45, 7) is 4.94. The van der Waals surface area contributed by atoms with Crippen LogP contribution in [0.1, 0.15) is 5.56 Å². The lowest BCUT2D eigenvalue weighted by atomic mass is 10.1. The molecule has 1 aromatic heterocycles. The molecule has 28 heavy (non-hydrogen) atoms. The number of carbonyl (C=O) groups is 1. The van der Waals surface area contributed by atoms with Gasteiger partial charge in [-0.15, -0.1) is 0 Å². The molecular formula is C21H24ClN5O. The van der Waals surface area contributed by atoms with Crippen LogP contribution in [0.25, 0.3) is 11.0 Å². The summed E-state index contributed by atoms with van der Waals surface area (Å²) >= 11 is 5.96. The summed E-state index contributed by atoms with van der Waals surface area (Å²) in [6, 6.07) is 14.0. The van der Waals surface area contributed by atoms with E-state index >= 15 is 0 Å². The zero-order valence-corrected chi connectivity index (χ0v) is 16.7. The standard InChI is InChI=1S/C21H24ClN5O/c1-25-19-4-2-3-18(23-15-28)20(19)24-21(25)27-13-11-26(12-14-27)10-9-16-5-7-17(22)8-6-16/h2-8,15H,9-14H2,1H3,(H,23,28). The summed E-state index contributed by atoms with van der Waals surface area (Å²) in [6.07, 6.45) is 1.73. The number of carbonyl (C=O) groups excluding carboxylic acids is 1. The lowest BCUT2D eigenvalue weighted by Gasteiger charge is -2.35. The van der Waals surface area contributed by atoms with Crippen molar-refractivity contribution in [1.29, 1.82) is 0 Å². The molecule has 0 radical (unpaired) electrons. The van der Waals surface area contributed by atoms with Gasteiger partial charge >= 0.3 is 0 Å². The lowest BCUT2D eigenvalue weighted by molar-refractivity contribution is -0.105. The molecule has 1 aliphatic heterocycles. The molecule has 2 heterocycles. The van der Waals surface area contributed by atoms with E-state index < -0.39 is 0 Å². The summed E-state index contributed by atoms with van der Waals surface area (Å²) in [5.74, 6) is 0.951. The van der Waals surface area contributed by atoms with Gasteiger partial charge in [-0.3, -0.25) is 9.69 Å². The Morgan fingerprint density at radius 3 is 2.57 bits per heavy atom. The fourth-order valence-electron chi connectivity index (χ4n) is 3.77. The summed E-state index contributed by atoms with van der Waals surface area (Å²) < 4.78 is 2.11. The SMILES string of the molecule is Cn1c(N2CCN(CCc3ccc(Cl)cc3)CC2)nc2c(NC=O)cccc21. The number of aryl methyl sites for hydroxylation is 1. The highest BCUT2D eigenvalue weighted by Crippen LogP contribution is 2.27. The summed E-state index contributed by atoms with van der Waals surface area (Å²) in [4.78, 5) is 20.5. The van der Waals surface area contributed by atoms with Gasteiger partial charge in [0, 0.05) is 44.8 Å². The van der Waals surface area contributed by atoms with Gasteiger partial charge in [-0.2, -0.15) is 0 Å². The smallest absolute Gasteiger partial charge is 0.211 e. The van der Waals surface area contributed by atoms with Crippen molar-refractivity contribution in [2.45, 2.75) is 6.42 Å². The molecule has 1 amide bonds. The zero-order chi connectivity index (χ0) is 19.5. The van der Waals surface area contributed by atoms with Crippen LogP contribution in [0.5, 0.6) is 0 Å². The van der Waals surface area contributed by atoms with E-state index in [-0.39, 0.29) is 0 Å². The molecule has 1 fully saturated rings. The molecule has 0 saturated carbocycles. The van der Waals surface area contributed by atoms with Crippen LogP contribution in [-0.4, -0.2) is 53.6 Å². The Bertz CT molecular complexity index is 961. The summed E-state index contributed by atoms with van der Waals surface area (Å²) in [5, 5.41) is 3.53. The molecule has 7 heteroatoms. The van der Waals surface area contributed by atoms with Gasteiger partial charge in [0.05, 0.1) is 11.2 Å². The summed E-state index contributed by atoms with van der Waals surface area (Å²) in [7, 11) is 2.03. The van der Waals surface area contributed by atoms with Crippen LogP contribution in [0.4, 0.5) is 11.6 Å². The van der Waals surface area contributed by atoms with Crippen molar-refractivity contribution in [3.8, 4) is 0 Å². The van der Waals surface area contributed by atoms with Crippen molar-refractivity contribution in [3.63, 3.8) is 0 Å². The second kappa shape index (κ2) is 8.20. The first-order chi connectivity index (χ1) is 13.7. The van der Waals surface area contributed by atoms with Crippen LogP contribution in [0, 0.1) is 0 Å². The van der Waals surface area contributed by atoms with Crippen LogP contribution in [0.15, 0.2) is 42.5 Å². The first kappa shape index (κ1) is 18.8. The second-order valence-electron chi connectivity index (χ2n) is 7.11. The number of nitrogens with one attached hydrogen (secondary N) is 1. The van der Waals surface area contributed by atoms with Gasteiger partial charge < -0.3 is 14.8 Å². The average molecular weight is 398 g/mol. The topological polar surface area (TPSA) is 53.4 Å². The van der Waals surface area contributed by atoms with E-state index in [0.717, 1.165) is 66.8 Å². The van der Waals surface area contributed by atoms with Crippen molar-refractivity contribution in [3.05, 3.63) is 53.1 Å². The first-order valence-electron chi connectivity index (χ1n) is 9.53. The maximum Gasteiger partial charge on any atom is 0.211 e. The zero-order valence-electron chi connectivity index (χ0n) is 15.9. The number of hydrogen-bond acceptors (Lipinski definition) is 4. The van der Waals surface area contributed by atoms with E-state index in [1.807, 2.05) is 37.4 Å². The molecule has 6 nitrogen and oxygen atoms in total. The molecule has 0 aliphatic carbocycles. The Balaban J connectivity index is 1.41. The third kappa shape index (κ3) is 3.84. The number of anilines is 2. The number of benzene rings is 2. The molecule has 0 bridgehead atoms. The molecule has 2 aromatic carbocycles. The number of nitrogens with zero attached hydrogens (tertiary/aromatic N) is 4. The van der Waals surface area contributed by atoms with Crippen LogP contribution >= 0.6 is 11.6 Å². The fraction of sp³-hybridized carbons (Fsp3) is 0.333. The van der Waals surface area contributed by atoms with Crippen molar-refractivity contribution in [2.24, 2.45) is 7.05 Å². The van der Waals surface area contributed by atoms with Crippen LogP contribution < -0.4 is 10.2 Å². The molecule has 1 aliphatic rings. The van der Waals surface area contributed by atoms with Gasteiger partial charge in [-0.25, -0.2) is 4.98 Å². The molecule has 4 rings (SSSR count). The predicted molar refractivity (Wildman–Crippen MR) is 114 cm³/mol. The van der Waals surface area contributed by atoms with Crippen LogP contribution in [0.3, 0.4) is 0 Å². The molecule has 1 saturated heterocycles. The number of aromatic nitrogens is 2. The Kier molecular flexibility index (Phi) is 5.50. The fourth-order valence-corrected chi connectivity index (χ4v) is 3.90. The molecule has 0 spiro atoms. The quantitative estimate of drug-likeness (QED) is 0.649. The van der Waals surface area contributed by atoms with Gasteiger partial charge in [0.25, 0.3) is 0 Å². The highest BCUT2D eigenvalue weighted by Gasteiger charge is 2.22. The molecular weight excluding hydrogens is 374 g/mol. The van der Waals surface area contributed by atoms with E-state index in [4.69, 9.17) is 16.6 Å². The molecule has 3 aromatic rings. The Labute approximate surface area is 169 Å². The van der Waals surface area contributed by atoms with E-state index in [1.165, 1.54) is 5.56 Å². The Hall–Kier alpha value is -2.57. The van der Waals surface area contributed by atoms with Crippen LogP contribution in [0.2, 0.25) is 5.02 Å². The minimum Gasteiger partial charge on any atom is -0.340 e. The van der Waals surface area contributed by atoms with Gasteiger partial charge in [0.2, 0.25) is 12.4 Å². The average Bonchev–Trinajstić information content (AvgIpc) is 3.06. The largest absolute Gasteiger partial charge is 0.340 e. The van der Waals surface area contributed by atoms with E-state index in [1.54, 1.807) is 0 Å². The number of halogens is 1. The molecule has 1 N–H and O–H groups in total. The monoisotopic (exact) mass is 397 g/mol. The predicted octanol–water partition coefficient (Wildman–Crippen LogP) is 3.16.